The molecular formula is C29H33BrN2O4. The van der Waals surface area contributed by atoms with Crippen molar-refractivity contribution < 1.29 is 19.1 Å². The van der Waals surface area contributed by atoms with Crippen LogP contribution in [-0.4, -0.2) is 42.0 Å². The van der Waals surface area contributed by atoms with Gasteiger partial charge in [-0.2, -0.15) is 0 Å². The Bertz CT molecular complexity index is 1140. The Labute approximate surface area is 221 Å². The van der Waals surface area contributed by atoms with Crippen LogP contribution in [0.2, 0.25) is 0 Å². The summed E-state index contributed by atoms with van der Waals surface area (Å²) < 4.78 is 12.1. The Morgan fingerprint density at radius 3 is 2.11 bits per heavy atom. The molecule has 0 radical (unpaired) electrons. The summed E-state index contributed by atoms with van der Waals surface area (Å²) in [5, 5.41) is 3.06. The highest BCUT2D eigenvalue weighted by Gasteiger charge is 2.32. The zero-order chi connectivity index (χ0) is 26.1. The lowest BCUT2D eigenvalue weighted by Gasteiger charge is -2.33. The number of para-hydroxylation sites is 2. The molecule has 0 aliphatic rings. The summed E-state index contributed by atoms with van der Waals surface area (Å²) in [5.41, 5.74) is 1.42. The van der Waals surface area contributed by atoms with Crippen LogP contribution in [0.25, 0.3) is 0 Å². The topological polar surface area (TPSA) is 67.9 Å². The van der Waals surface area contributed by atoms with E-state index < -0.39 is 11.6 Å². The van der Waals surface area contributed by atoms with Crippen LogP contribution in [0.4, 0.5) is 0 Å². The average molecular weight is 553 g/mol. The third kappa shape index (κ3) is 8.12. The van der Waals surface area contributed by atoms with E-state index in [1.165, 1.54) is 0 Å². The first-order chi connectivity index (χ1) is 17.2. The van der Waals surface area contributed by atoms with Gasteiger partial charge in [-0.15, -0.1) is 0 Å². The second kappa shape index (κ2) is 12.6. The fraction of sp³-hybridized carbons (Fsp3) is 0.310. The summed E-state index contributed by atoms with van der Waals surface area (Å²) in [6.45, 7) is 5.81. The number of methoxy groups -OCH3 is 1. The summed E-state index contributed by atoms with van der Waals surface area (Å²) in [5.74, 6) is 0.495. The van der Waals surface area contributed by atoms with Crippen molar-refractivity contribution >= 4 is 27.7 Å². The molecule has 0 spiro atoms. The highest BCUT2D eigenvalue weighted by Crippen LogP contribution is 2.26. The van der Waals surface area contributed by atoms with Gasteiger partial charge < -0.3 is 19.7 Å². The Kier molecular flexibility index (Phi) is 9.53. The van der Waals surface area contributed by atoms with Crippen molar-refractivity contribution in [3.8, 4) is 11.5 Å². The van der Waals surface area contributed by atoms with Gasteiger partial charge in [0.2, 0.25) is 5.91 Å². The first-order valence-electron chi connectivity index (χ1n) is 11.8. The van der Waals surface area contributed by atoms with Crippen molar-refractivity contribution in [1.29, 1.82) is 0 Å². The standard InChI is InChI=1S/C29H33BrN2O4/c1-29(2,3)31-28(34)24(18-21-10-6-5-7-11-21)32(19-22-14-16-23(30)17-15-22)27(33)20-36-26-13-9-8-12-25(26)35-4/h5-17,24H,18-20H2,1-4H3,(H,31,34)/t24-/m1/s1. The van der Waals surface area contributed by atoms with Crippen molar-refractivity contribution in [2.45, 2.75) is 45.3 Å². The Morgan fingerprint density at radius 2 is 1.50 bits per heavy atom. The molecule has 0 aliphatic heterocycles. The van der Waals surface area contributed by atoms with E-state index in [1.54, 1.807) is 24.1 Å². The van der Waals surface area contributed by atoms with Crippen LogP contribution in [0, 0.1) is 0 Å². The van der Waals surface area contributed by atoms with Gasteiger partial charge in [0, 0.05) is 23.0 Å². The predicted molar refractivity (Wildman–Crippen MR) is 145 cm³/mol. The Hall–Kier alpha value is -3.32. The van der Waals surface area contributed by atoms with E-state index in [4.69, 9.17) is 9.47 Å². The molecule has 0 saturated carbocycles. The molecule has 1 atom stereocenters. The number of carbonyl (C=O) groups is 2. The van der Waals surface area contributed by atoms with Crippen LogP contribution in [0.15, 0.2) is 83.3 Å². The summed E-state index contributed by atoms with van der Waals surface area (Å²) in [6, 6.07) is 23.9. The number of carbonyl (C=O) groups excluding carboxylic acids is 2. The lowest BCUT2D eigenvalue weighted by molar-refractivity contribution is -0.143. The third-order valence-electron chi connectivity index (χ3n) is 5.46. The van der Waals surface area contributed by atoms with Gasteiger partial charge in [-0.3, -0.25) is 9.59 Å². The maximum atomic E-state index is 13.7. The summed E-state index contributed by atoms with van der Waals surface area (Å²) in [4.78, 5) is 28.8. The number of hydrogen-bond donors (Lipinski definition) is 1. The Morgan fingerprint density at radius 1 is 0.889 bits per heavy atom. The fourth-order valence-corrected chi connectivity index (χ4v) is 4.02. The molecule has 0 unspecified atom stereocenters. The molecule has 0 bridgehead atoms. The molecular weight excluding hydrogens is 520 g/mol. The predicted octanol–water partition coefficient (Wildman–Crippen LogP) is 5.39. The van der Waals surface area contributed by atoms with Crippen LogP contribution in [0.3, 0.4) is 0 Å². The first-order valence-corrected chi connectivity index (χ1v) is 12.6. The largest absolute Gasteiger partial charge is 0.493 e. The number of rotatable bonds is 10. The maximum Gasteiger partial charge on any atom is 0.261 e. The third-order valence-corrected chi connectivity index (χ3v) is 5.98. The molecule has 1 N–H and O–H groups in total. The molecule has 7 heteroatoms. The summed E-state index contributed by atoms with van der Waals surface area (Å²) >= 11 is 3.46. The number of ether oxygens (including phenoxy) is 2. The molecule has 190 valence electrons. The van der Waals surface area contributed by atoms with E-state index >= 15 is 0 Å². The van der Waals surface area contributed by atoms with E-state index in [0.717, 1.165) is 15.6 Å². The van der Waals surface area contributed by atoms with Gasteiger partial charge in [0.25, 0.3) is 5.91 Å². The lowest BCUT2D eigenvalue weighted by Crippen LogP contribution is -2.55. The van der Waals surface area contributed by atoms with Gasteiger partial charge in [0.15, 0.2) is 18.1 Å². The minimum Gasteiger partial charge on any atom is -0.493 e. The number of benzene rings is 3. The zero-order valence-electron chi connectivity index (χ0n) is 21.2. The molecule has 0 saturated heterocycles. The molecule has 36 heavy (non-hydrogen) atoms. The number of nitrogens with zero attached hydrogens (tertiary/aromatic N) is 1. The fourth-order valence-electron chi connectivity index (χ4n) is 3.75. The van der Waals surface area contributed by atoms with Crippen LogP contribution in [0.1, 0.15) is 31.9 Å². The van der Waals surface area contributed by atoms with Gasteiger partial charge in [0.05, 0.1) is 7.11 Å². The van der Waals surface area contributed by atoms with E-state index in [2.05, 4.69) is 21.2 Å². The van der Waals surface area contributed by atoms with Crippen LogP contribution in [0.5, 0.6) is 11.5 Å². The minimum atomic E-state index is -0.732. The highest BCUT2D eigenvalue weighted by molar-refractivity contribution is 9.10. The van der Waals surface area contributed by atoms with Crippen molar-refractivity contribution in [2.75, 3.05) is 13.7 Å². The molecule has 0 aliphatic carbocycles. The second-order valence-corrected chi connectivity index (χ2v) is 10.4. The molecule has 3 rings (SSSR count). The monoisotopic (exact) mass is 552 g/mol. The van der Waals surface area contributed by atoms with Gasteiger partial charge in [-0.25, -0.2) is 0 Å². The van der Waals surface area contributed by atoms with Gasteiger partial charge >= 0.3 is 0 Å². The molecule has 3 aromatic carbocycles. The molecule has 2 amide bonds. The Balaban J connectivity index is 1.93. The second-order valence-electron chi connectivity index (χ2n) is 9.53. The maximum absolute atomic E-state index is 13.7. The van der Waals surface area contributed by atoms with Crippen molar-refractivity contribution in [3.05, 3.63) is 94.5 Å². The number of hydrogen-bond acceptors (Lipinski definition) is 4. The van der Waals surface area contributed by atoms with E-state index in [-0.39, 0.29) is 25.0 Å². The number of halogens is 1. The molecule has 0 heterocycles. The van der Waals surface area contributed by atoms with Gasteiger partial charge in [-0.1, -0.05) is 70.5 Å². The first kappa shape index (κ1) is 27.3. The van der Waals surface area contributed by atoms with Crippen LogP contribution in [-0.2, 0) is 22.6 Å². The van der Waals surface area contributed by atoms with E-state index in [9.17, 15) is 9.59 Å². The number of amides is 2. The van der Waals surface area contributed by atoms with E-state index in [0.29, 0.717) is 17.9 Å². The molecule has 0 aromatic heterocycles. The van der Waals surface area contributed by atoms with Crippen molar-refractivity contribution in [2.24, 2.45) is 0 Å². The average Bonchev–Trinajstić information content (AvgIpc) is 2.85. The smallest absolute Gasteiger partial charge is 0.261 e. The van der Waals surface area contributed by atoms with Crippen molar-refractivity contribution in [1.82, 2.24) is 10.2 Å². The summed E-state index contributed by atoms with van der Waals surface area (Å²) in [6.07, 6.45) is 0.375. The molecule has 6 nitrogen and oxygen atoms in total. The van der Waals surface area contributed by atoms with Crippen LogP contribution < -0.4 is 14.8 Å². The molecule has 3 aromatic rings. The normalized spacial score (nSPS) is 11.9. The van der Waals surface area contributed by atoms with Crippen molar-refractivity contribution in [3.63, 3.8) is 0 Å². The van der Waals surface area contributed by atoms with Gasteiger partial charge in [-0.05, 0) is 56.2 Å². The number of nitrogens with one attached hydrogen (secondary N) is 1. The minimum absolute atomic E-state index is 0.214. The van der Waals surface area contributed by atoms with E-state index in [1.807, 2.05) is 87.5 Å². The SMILES string of the molecule is COc1ccccc1OCC(=O)N(Cc1ccc(Br)cc1)[C@H](Cc1ccccc1)C(=O)NC(C)(C)C. The lowest BCUT2D eigenvalue weighted by atomic mass is 10.0. The van der Waals surface area contributed by atoms with Gasteiger partial charge in [0.1, 0.15) is 6.04 Å². The zero-order valence-corrected chi connectivity index (χ0v) is 22.7. The quantitative estimate of drug-likeness (QED) is 0.366. The molecule has 0 fully saturated rings. The summed E-state index contributed by atoms with van der Waals surface area (Å²) in [7, 11) is 1.55. The van der Waals surface area contributed by atoms with Crippen LogP contribution >= 0.6 is 15.9 Å². The highest BCUT2D eigenvalue weighted by atomic mass is 79.9.